The Balaban J connectivity index is 1.84. The molecule has 0 aromatic carbocycles. The van der Waals surface area contributed by atoms with Crippen molar-refractivity contribution >= 4 is 6.09 Å². The van der Waals surface area contributed by atoms with Crippen molar-refractivity contribution in [1.29, 1.82) is 0 Å². The molecule has 1 aliphatic rings. The Hall–Kier alpha value is -1.56. The molecule has 1 saturated heterocycles. The molecular formula is C14H24N4O2. The number of hydrogen-bond acceptors (Lipinski definition) is 4. The fraction of sp³-hybridized carbons (Fsp3) is 0.714. The minimum absolute atomic E-state index is 0.206. The van der Waals surface area contributed by atoms with Crippen LogP contribution in [0.15, 0.2) is 18.7 Å². The van der Waals surface area contributed by atoms with E-state index in [0.29, 0.717) is 6.54 Å². The second-order valence-corrected chi connectivity index (χ2v) is 6.16. The predicted octanol–water partition coefficient (Wildman–Crippen LogP) is 1.78. The van der Waals surface area contributed by atoms with Gasteiger partial charge in [-0.3, -0.25) is 4.90 Å². The number of amides is 1. The van der Waals surface area contributed by atoms with Crippen LogP contribution in [0.3, 0.4) is 0 Å². The third-order valence-corrected chi connectivity index (χ3v) is 3.16. The molecule has 112 valence electrons. The molecule has 0 N–H and O–H groups in total. The van der Waals surface area contributed by atoms with E-state index in [9.17, 15) is 4.79 Å². The number of imidazole rings is 1. The van der Waals surface area contributed by atoms with Crippen molar-refractivity contribution in [3.8, 4) is 0 Å². The Morgan fingerprint density at radius 2 is 2.05 bits per heavy atom. The fourth-order valence-electron chi connectivity index (χ4n) is 2.22. The van der Waals surface area contributed by atoms with Gasteiger partial charge in [0.05, 0.1) is 13.0 Å². The molecule has 0 unspecified atom stereocenters. The first-order valence-corrected chi connectivity index (χ1v) is 7.10. The Morgan fingerprint density at radius 1 is 1.25 bits per heavy atom. The van der Waals surface area contributed by atoms with Crippen molar-refractivity contribution in [3.05, 3.63) is 18.7 Å². The number of aromatic nitrogens is 2. The third kappa shape index (κ3) is 4.52. The zero-order valence-electron chi connectivity index (χ0n) is 12.6. The van der Waals surface area contributed by atoms with Gasteiger partial charge in [0, 0.05) is 38.6 Å². The zero-order chi connectivity index (χ0) is 14.6. The van der Waals surface area contributed by atoms with Crippen molar-refractivity contribution in [3.63, 3.8) is 0 Å². The lowest BCUT2D eigenvalue weighted by Gasteiger charge is -2.26. The molecule has 1 aromatic heterocycles. The van der Waals surface area contributed by atoms with E-state index in [0.717, 1.165) is 32.7 Å². The molecular weight excluding hydrogens is 256 g/mol. The van der Waals surface area contributed by atoms with Crippen LogP contribution in [0.1, 0.15) is 27.2 Å². The predicted molar refractivity (Wildman–Crippen MR) is 76.2 cm³/mol. The summed E-state index contributed by atoms with van der Waals surface area (Å²) in [6.45, 7) is 9.83. The topological polar surface area (TPSA) is 50.6 Å². The summed E-state index contributed by atoms with van der Waals surface area (Å²) in [4.78, 5) is 20.2. The Morgan fingerprint density at radius 3 is 2.70 bits per heavy atom. The molecule has 1 amide bonds. The quantitative estimate of drug-likeness (QED) is 0.828. The highest BCUT2D eigenvalue weighted by Gasteiger charge is 2.24. The van der Waals surface area contributed by atoms with E-state index in [4.69, 9.17) is 4.74 Å². The summed E-state index contributed by atoms with van der Waals surface area (Å²) >= 11 is 0. The molecule has 0 aliphatic carbocycles. The van der Waals surface area contributed by atoms with Gasteiger partial charge in [0.1, 0.15) is 5.60 Å². The number of carbonyl (C=O) groups is 1. The van der Waals surface area contributed by atoms with Gasteiger partial charge in [-0.25, -0.2) is 9.78 Å². The smallest absolute Gasteiger partial charge is 0.410 e. The Bertz CT molecular complexity index is 425. The van der Waals surface area contributed by atoms with E-state index in [1.54, 1.807) is 11.1 Å². The van der Waals surface area contributed by atoms with Crippen molar-refractivity contribution in [2.24, 2.45) is 0 Å². The van der Waals surface area contributed by atoms with Gasteiger partial charge in [0.15, 0.2) is 0 Å². The van der Waals surface area contributed by atoms with Gasteiger partial charge < -0.3 is 14.2 Å². The lowest BCUT2D eigenvalue weighted by atomic mass is 10.2. The maximum Gasteiger partial charge on any atom is 0.410 e. The average Bonchev–Trinajstić information content (AvgIpc) is 2.72. The number of carbonyl (C=O) groups excluding carboxylic acids is 1. The first-order chi connectivity index (χ1) is 9.44. The summed E-state index contributed by atoms with van der Waals surface area (Å²) in [6.07, 6.45) is 6.31. The molecule has 20 heavy (non-hydrogen) atoms. The number of ether oxygens (including phenoxy) is 1. The summed E-state index contributed by atoms with van der Waals surface area (Å²) in [6, 6.07) is 0. The van der Waals surface area contributed by atoms with E-state index in [1.807, 2.05) is 37.9 Å². The van der Waals surface area contributed by atoms with Crippen LogP contribution >= 0.6 is 0 Å². The maximum atomic E-state index is 12.1. The van der Waals surface area contributed by atoms with Crippen LogP contribution in [0.25, 0.3) is 0 Å². The second kappa shape index (κ2) is 6.26. The molecule has 6 heteroatoms. The third-order valence-electron chi connectivity index (χ3n) is 3.16. The van der Waals surface area contributed by atoms with Crippen molar-refractivity contribution in [1.82, 2.24) is 19.4 Å². The van der Waals surface area contributed by atoms with Crippen molar-refractivity contribution in [2.75, 3.05) is 26.2 Å². The summed E-state index contributed by atoms with van der Waals surface area (Å²) in [5, 5.41) is 0. The van der Waals surface area contributed by atoms with Crippen molar-refractivity contribution < 1.29 is 9.53 Å². The van der Waals surface area contributed by atoms with Crippen LogP contribution in [0, 0.1) is 0 Å². The van der Waals surface area contributed by atoms with E-state index in [2.05, 4.69) is 9.88 Å². The van der Waals surface area contributed by atoms with Crippen LogP contribution in [-0.4, -0.2) is 57.2 Å². The zero-order valence-corrected chi connectivity index (χ0v) is 12.6. The highest BCUT2D eigenvalue weighted by molar-refractivity contribution is 5.68. The van der Waals surface area contributed by atoms with Gasteiger partial charge in [0.2, 0.25) is 0 Å². The van der Waals surface area contributed by atoms with Crippen LogP contribution in [-0.2, 0) is 11.4 Å². The monoisotopic (exact) mass is 280 g/mol. The van der Waals surface area contributed by atoms with Gasteiger partial charge in [0.25, 0.3) is 0 Å². The number of rotatable bonds is 2. The van der Waals surface area contributed by atoms with E-state index in [-0.39, 0.29) is 6.09 Å². The van der Waals surface area contributed by atoms with Gasteiger partial charge in [-0.15, -0.1) is 0 Å². The molecule has 1 fully saturated rings. The maximum absolute atomic E-state index is 12.1. The molecule has 0 saturated carbocycles. The van der Waals surface area contributed by atoms with Gasteiger partial charge in [-0.05, 0) is 27.2 Å². The minimum atomic E-state index is -0.431. The Kier molecular flexibility index (Phi) is 4.65. The largest absolute Gasteiger partial charge is 0.444 e. The lowest BCUT2D eigenvalue weighted by molar-refractivity contribution is 0.0256. The van der Waals surface area contributed by atoms with Crippen LogP contribution in [0.4, 0.5) is 4.79 Å². The Labute approximate surface area is 120 Å². The highest BCUT2D eigenvalue weighted by atomic mass is 16.6. The summed E-state index contributed by atoms with van der Waals surface area (Å²) < 4.78 is 7.47. The van der Waals surface area contributed by atoms with E-state index >= 15 is 0 Å². The van der Waals surface area contributed by atoms with E-state index in [1.165, 1.54) is 0 Å². The minimum Gasteiger partial charge on any atom is -0.444 e. The normalized spacial score (nSPS) is 17.9. The first-order valence-electron chi connectivity index (χ1n) is 7.10. The van der Waals surface area contributed by atoms with Crippen LogP contribution < -0.4 is 0 Å². The fourth-order valence-corrected chi connectivity index (χ4v) is 2.22. The molecule has 0 atom stereocenters. The highest BCUT2D eigenvalue weighted by Crippen LogP contribution is 2.12. The lowest BCUT2D eigenvalue weighted by Crippen LogP contribution is -2.39. The van der Waals surface area contributed by atoms with Gasteiger partial charge in [-0.2, -0.15) is 0 Å². The summed E-state index contributed by atoms with van der Waals surface area (Å²) in [5.74, 6) is 0. The first kappa shape index (κ1) is 14.8. The molecule has 0 spiro atoms. The summed E-state index contributed by atoms with van der Waals surface area (Å²) in [7, 11) is 0. The van der Waals surface area contributed by atoms with E-state index < -0.39 is 5.60 Å². The van der Waals surface area contributed by atoms with Gasteiger partial charge in [-0.1, -0.05) is 0 Å². The second-order valence-electron chi connectivity index (χ2n) is 6.16. The SMILES string of the molecule is CC(C)(C)OC(=O)N1CCCN(Cn2ccnc2)CC1. The number of nitrogens with zero attached hydrogens (tertiary/aromatic N) is 4. The van der Waals surface area contributed by atoms with Crippen LogP contribution in [0.5, 0.6) is 0 Å². The molecule has 2 heterocycles. The van der Waals surface area contributed by atoms with Crippen LogP contribution in [0.2, 0.25) is 0 Å². The molecule has 2 rings (SSSR count). The summed E-state index contributed by atoms with van der Waals surface area (Å²) in [5.41, 5.74) is -0.431. The molecule has 1 aromatic rings. The standard InChI is InChI=1S/C14H24N4O2/c1-14(2,3)20-13(19)18-7-4-6-16(9-10-18)12-17-8-5-15-11-17/h5,8,11H,4,6-7,9-10,12H2,1-3H3. The van der Waals surface area contributed by atoms with Crippen molar-refractivity contribution in [2.45, 2.75) is 39.5 Å². The van der Waals surface area contributed by atoms with Gasteiger partial charge >= 0.3 is 6.09 Å². The molecule has 0 bridgehead atoms. The molecule has 6 nitrogen and oxygen atoms in total. The number of hydrogen-bond donors (Lipinski definition) is 0. The molecule has 1 aliphatic heterocycles. The molecule has 0 radical (unpaired) electrons. The average molecular weight is 280 g/mol.